The van der Waals surface area contributed by atoms with E-state index in [9.17, 15) is 4.79 Å². The molecule has 0 saturated carbocycles. The van der Waals surface area contributed by atoms with E-state index in [-0.39, 0.29) is 24.4 Å². The molecule has 1 rings (SSSR count). The van der Waals surface area contributed by atoms with Crippen LogP contribution in [0.4, 0.5) is 0 Å². The van der Waals surface area contributed by atoms with E-state index in [1.807, 2.05) is 6.92 Å². The summed E-state index contributed by atoms with van der Waals surface area (Å²) in [4.78, 5) is 11.8. The van der Waals surface area contributed by atoms with E-state index in [2.05, 4.69) is 5.32 Å². The lowest BCUT2D eigenvalue weighted by molar-refractivity contribution is 0.0894. The van der Waals surface area contributed by atoms with E-state index in [1.54, 1.807) is 13.2 Å². The van der Waals surface area contributed by atoms with E-state index < -0.39 is 0 Å². The molecular weight excluding hydrogens is 244 g/mol. The van der Waals surface area contributed by atoms with Crippen LogP contribution in [-0.2, 0) is 11.3 Å². The molecule has 17 heavy (non-hydrogen) atoms. The van der Waals surface area contributed by atoms with Crippen LogP contribution in [0.25, 0.3) is 0 Å². The monoisotopic (exact) mass is 262 g/mol. The lowest BCUT2D eigenvalue weighted by atomic mass is 10.2. The molecule has 0 fully saturated rings. The Bertz CT molecular complexity index is 341. The number of nitrogens with two attached hydrogens (primary N) is 1. The first kappa shape index (κ1) is 16.0. The van der Waals surface area contributed by atoms with Crippen LogP contribution in [-0.4, -0.2) is 25.7 Å². The van der Waals surface area contributed by atoms with Gasteiger partial charge in [0.15, 0.2) is 0 Å². The van der Waals surface area contributed by atoms with E-state index in [0.717, 1.165) is 6.42 Å². The van der Waals surface area contributed by atoms with Crippen LogP contribution in [0, 0.1) is 0 Å². The molecule has 1 amide bonds. The Morgan fingerprint density at radius 3 is 2.82 bits per heavy atom. The van der Waals surface area contributed by atoms with Crippen molar-refractivity contribution in [2.24, 2.45) is 5.73 Å². The number of hydrogen-bond donors (Lipinski definition) is 2. The molecule has 0 aliphatic rings. The first-order valence-electron chi connectivity index (χ1n) is 5.28. The van der Waals surface area contributed by atoms with E-state index >= 15 is 0 Å². The van der Waals surface area contributed by atoms with Crippen molar-refractivity contribution < 1.29 is 13.9 Å². The van der Waals surface area contributed by atoms with Crippen LogP contribution in [0.5, 0.6) is 0 Å². The van der Waals surface area contributed by atoms with Crippen molar-refractivity contribution in [2.75, 3.05) is 13.7 Å². The lowest BCUT2D eigenvalue weighted by Crippen LogP contribution is -2.37. The molecule has 6 heteroatoms. The normalized spacial score (nSPS) is 11.7. The number of furan rings is 1. The molecule has 1 atom stereocenters. The molecule has 98 valence electrons. The minimum atomic E-state index is -0.160. The van der Waals surface area contributed by atoms with Crippen LogP contribution in [0.1, 0.15) is 29.5 Å². The summed E-state index contributed by atoms with van der Waals surface area (Å²) in [7, 11) is 1.61. The Morgan fingerprint density at radius 2 is 2.35 bits per heavy atom. The maximum absolute atomic E-state index is 11.8. The molecule has 1 aromatic heterocycles. The molecule has 1 aromatic rings. The summed E-state index contributed by atoms with van der Waals surface area (Å²) in [5, 5.41) is 2.86. The Labute approximate surface area is 107 Å². The Morgan fingerprint density at radius 1 is 1.65 bits per heavy atom. The third-order valence-electron chi connectivity index (χ3n) is 2.31. The zero-order chi connectivity index (χ0) is 12.0. The predicted octanol–water partition coefficient (Wildman–Crippen LogP) is 1.31. The summed E-state index contributed by atoms with van der Waals surface area (Å²) < 4.78 is 10.1. The summed E-state index contributed by atoms with van der Waals surface area (Å²) in [6, 6.07) is 1.67. The van der Waals surface area contributed by atoms with E-state index in [4.69, 9.17) is 14.9 Å². The Kier molecular flexibility index (Phi) is 7.61. The van der Waals surface area contributed by atoms with E-state index in [0.29, 0.717) is 24.5 Å². The van der Waals surface area contributed by atoms with Crippen molar-refractivity contribution in [1.82, 2.24) is 5.32 Å². The minimum absolute atomic E-state index is 0. The maximum Gasteiger partial charge on any atom is 0.254 e. The number of nitrogens with one attached hydrogen (secondary N) is 1. The second-order valence-electron chi connectivity index (χ2n) is 3.54. The number of hydrogen-bond acceptors (Lipinski definition) is 4. The van der Waals surface area contributed by atoms with Gasteiger partial charge in [0.05, 0.1) is 24.8 Å². The first-order chi connectivity index (χ1) is 7.71. The lowest BCUT2D eigenvalue weighted by Gasteiger charge is -2.14. The third-order valence-corrected chi connectivity index (χ3v) is 2.31. The van der Waals surface area contributed by atoms with Gasteiger partial charge in [0.25, 0.3) is 5.91 Å². The van der Waals surface area contributed by atoms with Crippen molar-refractivity contribution in [3.8, 4) is 0 Å². The van der Waals surface area contributed by atoms with Gasteiger partial charge in [-0.3, -0.25) is 4.79 Å². The quantitative estimate of drug-likeness (QED) is 0.810. The second kappa shape index (κ2) is 8.11. The van der Waals surface area contributed by atoms with Crippen molar-refractivity contribution in [3.05, 3.63) is 23.7 Å². The van der Waals surface area contributed by atoms with Gasteiger partial charge in [-0.1, -0.05) is 6.92 Å². The summed E-state index contributed by atoms with van der Waals surface area (Å²) in [5.74, 6) is 0.442. The van der Waals surface area contributed by atoms with Crippen molar-refractivity contribution in [1.29, 1.82) is 0 Å². The minimum Gasteiger partial charge on any atom is -0.467 e. The van der Waals surface area contributed by atoms with E-state index in [1.165, 1.54) is 6.26 Å². The van der Waals surface area contributed by atoms with Crippen LogP contribution in [0.2, 0.25) is 0 Å². The summed E-state index contributed by atoms with van der Waals surface area (Å²) in [6.45, 7) is 2.79. The summed E-state index contributed by atoms with van der Waals surface area (Å²) in [5.41, 5.74) is 5.89. The first-order valence-corrected chi connectivity index (χ1v) is 5.28. The standard InChI is InChI=1S/C11H18N2O3.ClH/c1-3-9(7-15-2)13-11(14)8-4-10(5-12)16-6-8;/h4,6,9H,3,5,7,12H2,1-2H3,(H,13,14);1H. The van der Waals surface area contributed by atoms with Crippen molar-refractivity contribution in [2.45, 2.75) is 25.9 Å². The third kappa shape index (κ3) is 4.77. The fraction of sp³-hybridized carbons (Fsp3) is 0.545. The molecule has 1 heterocycles. The maximum atomic E-state index is 11.8. The molecular formula is C11H19ClN2O3. The van der Waals surface area contributed by atoms with Gasteiger partial charge in [-0.25, -0.2) is 0 Å². The number of methoxy groups -OCH3 is 1. The van der Waals surface area contributed by atoms with Gasteiger partial charge >= 0.3 is 0 Å². The molecule has 1 unspecified atom stereocenters. The second-order valence-corrected chi connectivity index (χ2v) is 3.54. The zero-order valence-electron chi connectivity index (χ0n) is 10.1. The highest BCUT2D eigenvalue weighted by Crippen LogP contribution is 2.07. The Hall–Kier alpha value is -1.04. The summed E-state index contributed by atoms with van der Waals surface area (Å²) in [6.07, 6.45) is 2.23. The van der Waals surface area contributed by atoms with Gasteiger partial charge in [0.2, 0.25) is 0 Å². The fourth-order valence-electron chi connectivity index (χ4n) is 1.34. The number of carbonyl (C=O) groups excluding carboxylic acids is 1. The number of rotatable bonds is 6. The average Bonchev–Trinajstić information content (AvgIpc) is 2.76. The number of amides is 1. The smallest absolute Gasteiger partial charge is 0.254 e. The van der Waals surface area contributed by atoms with Gasteiger partial charge < -0.3 is 20.2 Å². The van der Waals surface area contributed by atoms with Gasteiger partial charge in [0, 0.05) is 7.11 Å². The molecule has 3 N–H and O–H groups in total. The molecule has 0 aliphatic carbocycles. The fourth-order valence-corrected chi connectivity index (χ4v) is 1.34. The highest BCUT2D eigenvalue weighted by atomic mass is 35.5. The van der Waals surface area contributed by atoms with Gasteiger partial charge in [-0.05, 0) is 12.5 Å². The molecule has 0 saturated heterocycles. The van der Waals surface area contributed by atoms with Gasteiger partial charge in [0.1, 0.15) is 12.0 Å². The highest BCUT2D eigenvalue weighted by molar-refractivity contribution is 5.94. The molecule has 0 spiro atoms. The molecule has 0 radical (unpaired) electrons. The molecule has 5 nitrogen and oxygen atoms in total. The van der Waals surface area contributed by atoms with Crippen LogP contribution in [0.15, 0.2) is 16.7 Å². The Balaban J connectivity index is 0.00000256. The topological polar surface area (TPSA) is 77.5 Å². The average molecular weight is 263 g/mol. The molecule has 0 aromatic carbocycles. The predicted molar refractivity (Wildman–Crippen MR) is 67.3 cm³/mol. The zero-order valence-corrected chi connectivity index (χ0v) is 10.9. The highest BCUT2D eigenvalue weighted by Gasteiger charge is 2.13. The molecule has 0 bridgehead atoms. The number of carbonyl (C=O) groups is 1. The van der Waals surface area contributed by atoms with Crippen LogP contribution < -0.4 is 11.1 Å². The number of ether oxygens (including phenoxy) is 1. The van der Waals surface area contributed by atoms with Crippen LogP contribution in [0.3, 0.4) is 0 Å². The number of halogens is 1. The largest absolute Gasteiger partial charge is 0.467 e. The van der Waals surface area contributed by atoms with Crippen molar-refractivity contribution >= 4 is 18.3 Å². The SMILES string of the molecule is CCC(COC)NC(=O)c1coc(CN)c1.Cl. The molecule has 0 aliphatic heterocycles. The van der Waals surface area contributed by atoms with Crippen molar-refractivity contribution in [3.63, 3.8) is 0 Å². The van der Waals surface area contributed by atoms with Crippen LogP contribution >= 0.6 is 12.4 Å². The summed E-state index contributed by atoms with van der Waals surface area (Å²) >= 11 is 0. The van der Waals surface area contributed by atoms with Gasteiger partial charge in [-0.15, -0.1) is 12.4 Å². The van der Waals surface area contributed by atoms with Gasteiger partial charge in [-0.2, -0.15) is 0 Å².